The molecular weight excluding hydrogens is 280 g/mol. The van der Waals surface area contributed by atoms with Gasteiger partial charge in [0.05, 0.1) is 6.61 Å². The number of carbonyl (C=O) groups is 2. The number of hydrogen-bond acceptors (Lipinski definition) is 4. The predicted octanol–water partition coefficient (Wildman–Crippen LogP) is 3.56. The van der Waals surface area contributed by atoms with E-state index in [2.05, 4.69) is 6.58 Å². The van der Waals surface area contributed by atoms with Gasteiger partial charge in [-0.3, -0.25) is 4.79 Å². The van der Waals surface area contributed by atoms with E-state index in [0.717, 1.165) is 0 Å². The summed E-state index contributed by atoms with van der Waals surface area (Å²) in [6.07, 6.45) is 3.11. The number of carbonyl (C=O) groups excluding carboxylic acids is 2. The van der Waals surface area contributed by atoms with Crippen LogP contribution in [-0.2, 0) is 14.3 Å². The molecule has 0 aromatic heterocycles. The molecule has 0 aliphatic rings. The van der Waals surface area contributed by atoms with Crippen LogP contribution in [0.2, 0.25) is 0 Å². The van der Waals surface area contributed by atoms with Gasteiger partial charge in [-0.2, -0.15) is 0 Å². The minimum atomic E-state index is -0.554. The molecule has 0 saturated heterocycles. The Morgan fingerprint density at radius 3 is 2.36 bits per heavy atom. The van der Waals surface area contributed by atoms with Crippen molar-refractivity contribution in [2.24, 2.45) is 0 Å². The fourth-order valence-electron chi connectivity index (χ4n) is 2.18. The highest BCUT2D eigenvalue weighted by atomic mass is 16.6. The first-order valence-electron chi connectivity index (χ1n) is 7.58. The second kappa shape index (κ2) is 9.15. The molecule has 1 rings (SSSR count). The zero-order valence-electron chi connectivity index (χ0n) is 13.3. The Bertz CT molecular complexity index is 489. The molecule has 4 nitrogen and oxygen atoms in total. The second-order valence-corrected chi connectivity index (χ2v) is 5.11. The van der Waals surface area contributed by atoms with Crippen LogP contribution >= 0.6 is 0 Å². The Morgan fingerprint density at radius 2 is 1.82 bits per heavy atom. The van der Waals surface area contributed by atoms with Gasteiger partial charge in [0.1, 0.15) is 12.2 Å². The SMILES string of the molecule is C=CC(=O)OC(CC)(CC)CCOCC(=O)c1ccccc1. The molecule has 0 saturated carbocycles. The zero-order valence-corrected chi connectivity index (χ0v) is 13.3. The average Bonchev–Trinajstić information content (AvgIpc) is 2.58. The molecule has 0 unspecified atom stereocenters. The summed E-state index contributed by atoms with van der Waals surface area (Å²) in [6, 6.07) is 9.03. The molecule has 22 heavy (non-hydrogen) atoms. The zero-order chi connectivity index (χ0) is 16.4. The van der Waals surface area contributed by atoms with E-state index in [0.29, 0.717) is 31.4 Å². The van der Waals surface area contributed by atoms with Crippen molar-refractivity contribution in [3.63, 3.8) is 0 Å². The molecule has 1 aromatic rings. The summed E-state index contributed by atoms with van der Waals surface area (Å²) in [7, 11) is 0. The summed E-state index contributed by atoms with van der Waals surface area (Å²) in [5.74, 6) is -0.480. The van der Waals surface area contributed by atoms with E-state index in [9.17, 15) is 9.59 Å². The summed E-state index contributed by atoms with van der Waals surface area (Å²) in [6.45, 7) is 7.75. The summed E-state index contributed by atoms with van der Waals surface area (Å²) >= 11 is 0. The monoisotopic (exact) mass is 304 g/mol. The van der Waals surface area contributed by atoms with Gasteiger partial charge in [-0.05, 0) is 12.8 Å². The smallest absolute Gasteiger partial charge is 0.330 e. The van der Waals surface area contributed by atoms with Crippen LogP contribution < -0.4 is 0 Å². The number of ether oxygens (including phenoxy) is 2. The molecule has 120 valence electrons. The van der Waals surface area contributed by atoms with Crippen LogP contribution in [0.3, 0.4) is 0 Å². The highest BCUT2D eigenvalue weighted by molar-refractivity contribution is 5.96. The Labute approximate surface area is 132 Å². The van der Waals surface area contributed by atoms with Gasteiger partial charge >= 0.3 is 5.97 Å². The number of esters is 1. The minimum Gasteiger partial charge on any atom is -0.456 e. The maximum Gasteiger partial charge on any atom is 0.330 e. The Kier molecular flexibility index (Phi) is 7.54. The van der Waals surface area contributed by atoms with Gasteiger partial charge < -0.3 is 9.47 Å². The molecule has 0 bridgehead atoms. The first kappa shape index (κ1) is 18.1. The number of Topliss-reactive ketones (excluding diaryl/α,β-unsaturated/α-hetero) is 1. The van der Waals surface area contributed by atoms with Crippen LogP contribution in [0.15, 0.2) is 43.0 Å². The second-order valence-electron chi connectivity index (χ2n) is 5.11. The topological polar surface area (TPSA) is 52.6 Å². The Hall–Kier alpha value is -1.94. The lowest BCUT2D eigenvalue weighted by Gasteiger charge is -2.31. The van der Waals surface area contributed by atoms with E-state index >= 15 is 0 Å². The van der Waals surface area contributed by atoms with Gasteiger partial charge in [0, 0.05) is 18.1 Å². The molecule has 0 aliphatic heterocycles. The molecule has 0 radical (unpaired) electrons. The average molecular weight is 304 g/mol. The minimum absolute atomic E-state index is 0.0307. The Balaban J connectivity index is 2.45. The van der Waals surface area contributed by atoms with Crippen molar-refractivity contribution in [2.75, 3.05) is 13.2 Å². The fraction of sp³-hybridized carbons (Fsp3) is 0.444. The van der Waals surface area contributed by atoms with Gasteiger partial charge in [-0.25, -0.2) is 4.79 Å². The molecule has 4 heteroatoms. The highest BCUT2D eigenvalue weighted by Gasteiger charge is 2.29. The third-order valence-electron chi connectivity index (χ3n) is 3.80. The van der Waals surface area contributed by atoms with Gasteiger partial charge in [-0.1, -0.05) is 50.8 Å². The number of hydrogen-bond donors (Lipinski definition) is 0. The summed E-state index contributed by atoms with van der Waals surface area (Å²) in [4.78, 5) is 23.3. The lowest BCUT2D eigenvalue weighted by molar-refractivity contribution is -0.156. The van der Waals surface area contributed by atoms with Crippen molar-refractivity contribution in [2.45, 2.75) is 38.7 Å². The largest absolute Gasteiger partial charge is 0.456 e. The first-order valence-corrected chi connectivity index (χ1v) is 7.58. The molecule has 0 N–H and O–H groups in total. The van der Waals surface area contributed by atoms with Crippen molar-refractivity contribution in [3.05, 3.63) is 48.6 Å². The quantitative estimate of drug-likeness (QED) is 0.287. The van der Waals surface area contributed by atoms with Crippen LogP contribution in [0.5, 0.6) is 0 Å². The van der Waals surface area contributed by atoms with Crippen molar-refractivity contribution in [1.29, 1.82) is 0 Å². The summed E-state index contributed by atoms with van der Waals surface area (Å²) in [5, 5.41) is 0. The standard InChI is InChI=1S/C18H24O4/c1-4-17(20)22-18(5-2,6-3)12-13-21-14-16(19)15-10-8-7-9-11-15/h4,7-11H,1,5-6,12-14H2,2-3H3. The molecule has 0 amide bonds. The van der Waals surface area contributed by atoms with Crippen LogP contribution in [0.1, 0.15) is 43.5 Å². The molecule has 1 aromatic carbocycles. The lowest BCUT2D eigenvalue weighted by atomic mass is 9.93. The van der Waals surface area contributed by atoms with Crippen molar-refractivity contribution < 1.29 is 19.1 Å². The molecular formula is C18H24O4. The summed E-state index contributed by atoms with van der Waals surface area (Å²) < 4.78 is 10.9. The number of benzene rings is 1. The van der Waals surface area contributed by atoms with E-state index in [4.69, 9.17) is 9.47 Å². The van der Waals surface area contributed by atoms with E-state index < -0.39 is 11.6 Å². The molecule has 0 heterocycles. The third kappa shape index (κ3) is 5.45. The lowest BCUT2D eigenvalue weighted by Crippen LogP contribution is -2.35. The number of ketones is 1. The molecule has 0 fully saturated rings. The normalized spacial score (nSPS) is 11.0. The number of rotatable bonds is 10. The maximum atomic E-state index is 11.9. The van der Waals surface area contributed by atoms with Crippen molar-refractivity contribution >= 4 is 11.8 Å². The molecule has 0 spiro atoms. The van der Waals surface area contributed by atoms with Crippen LogP contribution in [0, 0.1) is 0 Å². The van der Waals surface area contributed by atoms with Gasteiger partial charge in [0.15, 0.2) is 5.78 Å². The van der Waals surface area contributed by atoms with Crippen molar-refractivity contribution in [1.82, 2.24) is 0 Å². The van der Waals surface area contributed by atoms with E-state index in [-0.39, 0.29) is 12.4 Å². The van der Waals surface area contributed by atoms with Gasteiger partial charge in [0.25, 0.3) is 0 Å². The molecule has 0 atom stereocenters. The van der Waals surface area contributed by atoms with Crippen LogP contribution in [0.25, 0.3) is 0 Å². The Morgan fingerprint density at radius 1 is 1.18 bits per heavy atom. The van der Waals surface area contributed by atoms with E-state index in [1.807, 2.05) is 32.0 Å². The predicted molar refractivity (Wildman–Crippen MR) is 85.8 cm³/mol. The first-order chi connectivity index (χ1) is 10.6. The van der Waals surface area contributed by atoms with E-state index in [1.165, 1.54) is 6.08 Å². The van der Waals surface area contributed by atoms with Crippen LogP contribution in [0.4, 0.5) is 0 Å². The van der Waals surface area contributed by atoms with Gasteiger partial charge in [0.2, 0.25) is 0 Å². The van der Waals surface area contributed by atoms with Crippen LogP contribution in [-0.4, -0.2) is 30.6 Å². The van der Waals surface area contributed by atoms with Crippen molar-refractivity contribution in [3.8, 4) is 0 Å². The highest BCUT2D eigenvalue weighted by Crippen LogP contribution is 2.25. The fourth-order valence-corrected chi connectivity index (χ4v) is 2.18. The third-order valence-corrected chi connectivity index (χ3v) is 3.80. The van der Waals surface area contributed by atoms with Gasteiger partial charge in [-0.15, -0.1) is 0 Å². The molecule has 0 aliphatic carbocycles. The van der Waals surface area contributed by atoms with E-state index in [1.54, 1.807) is 12.1 Å². The summed E-state index contributed by atoms with van der Waals surface area (Å²) in [5.41, 5.74) is 0.0824. The maximum absolute atomic E-state index is 11.9.